The first-order valence-corrected chi connectivity index (χ1v) is 7.15. The summed E-state index contributed by atoms with van der Waals surface area (Å²) in [6, 6.07) is 0. The fourth-order valence-corrected chi connectivity index (χ4v) is 1.74. The van der Waals surface area contributed by atoms with Gasteiger partial charge in [-0.2, -0.15) is 0 Å². The summed E-state index contributed by atoms with van der Waals surface area (Å²) in [5.41, 5.74) is 5.69. The second kappa shape index (κ2) is 11.9. The monoisotopic (exact) mass is 243 g/mol. The van der Waals surface area contributed by atoms with E-state index in [0.717, 1.165) is 32.1 Å². The van der Waals surface area contributed by atoms with Gasteiger partial charge in [-0.1, -0.05) is 52.4 Å². The Morgan fingerprint density at radius 3 is 2.24 bits per heavy atom. The highest BCUT2D eigenvalue weighted by Crippen LogP contribution is 2.08. The molecule has 102 valence electrons. The lowest BCUT2D eigenvalue weighted by molar-refractivity contribution is -0.149. The van der Waals surface area contributed by atoms with E-state index in [1.54, 1.807) is 0 Å². The van der Waals surface area contributed by atoms with E-state index >= 15 is 0 Å². The lowest BCUT2D eigenvalue weighted by Gasteiger charge is -2.12. The van der Waals surface area contributed by atoms with Crippen molar-refractivity contribution in [3.8, 4) is 0 Å². The maximum Gasteiger partial charge on any atom is 0.307 e. The van der Waals surface area contributed by atoms with Crippen LogP contribution in [0.25, 0.3) is 0 Å². The number of nitrogens with two attached hydrogens (primary N) is 1. The Kier molecular flexibility index (Phi) is 11.5. The number of unbranched alkanes of at least 4 members (excludes halogenated alkanes) is 6. The topological polar surface area (TPSA) is 52.3 Å². The predicted molar refractivity (Wildman–Crippen MR) is 71.6 cm³/mol. The first-order valence-electron chi connectivity index (χ1n) is 7.15. The van der Waals surface area contributed by atoms with E-state index in [1.165, 1.54) is 25.7 Å². The van der Waals surface area contributed by atoms with Crippen molar-refractivity contribution in [3.05, 3.63) is 0 Å². The van der Waals surface area contributed by atoms with Crippen LogP contribution in [-0.4, -0.2) is 12.2 Å². The number of carbonyl (C=O) groups excluding carboxylic acids is 1. The minimum Gasteiger partial charge on any atom is -0.447 e. The smallest absolute Gasteiger partial charge is 0.307 e. The van der Waals surface area contributed by atoms with Crippen LogP contribution in [0.2, 0.25) is 0 Å². The van der Waals surface area contributed by atoms with Gasteiger partial charge in [-0.3, -0.25) is 10.5 Å². The number of hydrogen-bond donors (Lipinski definition) is 1. The van der Waals surface area contributed by atoms with Crippen molar-refractivity contribution in [1.29, 1.82) is 0 Å². The van der Waals surface area contributed by atoms with Crippen LogP contribution >= 0.6 is 0 Å². The molecule has 0 aliphatic rings. The van der Waals surface area contributed by atoms with Gasteiger partial charge in [0.15, 0.2) is 6.23 Å². The van der Waals surface area contributed by atoms with Gasteiger partial charge in [0.1, 0.15) is 0 Å². The van der Waals surface area contributed by atoms with Gasteiger partial charge in [0.2, 0.25) is 0 Å². The second-order valence-corrected chi connectivity index (χ2v) is 4.69. The molecule has 0 saturated heterocycles. The van der Waals surface area contributed by atoms with Gasteiger partial charge >= 0.3 is 5.97 Å². The lowest BCUT2D eigenvalue weighted by Crippen LogP contribution is -2.26. The molecule has 0 amide bonds. The van der Waals surface area contributed by atoms with E-state index in [4.69, 9.17) is 10.5 Å². The van der Waals surface area contributed by atoms with Crippen LogP contribution in [0.1, 0.15) is 78.1 Å². The molecule has 0 aromatic rings. The summed E-state index contributed by atoms with van der Waals surface area (Å²) in [5.74, 6) is -0.135. The van der Waals surface area contributed by atoms with Crippen LogP contribution in [0.15, 0.2) is 0 Å². The molecule has 0 bridgehead atoms. The van der Waals surface area contributed by atoms with Gasteiger partial charge < -0.3 is 4.74 Å². The Bertz CT molecular complexity index is 183. The maximum absolute atomic E-state index is 11.4. The summed E-state index contributed by atoms with van der Waals surface area (Å²) in [7, 11) is 0. The number of rotatable bonds is 11. The third kappa shape index (κ3) is 11.7. The van der Waals surface area contributed by atoms with Gasteiger partial charge in [0.05, 0.1) is 0 Å². The number of carbonyl (C=O) groups is 1. The van der Waals surface area contributed by atoms with Gasteiger partial charge in [0.25, 0.3) is 0 Å². The zero-order chi connectivity index (χ0) is 12.9. The van der Waals surface area contributed by atoms with Crippen LogP contribution in [0, 0.1) is 0 Å². The highest BCUT2D eigenvalue weighted by atomic mass is 16.6. The first kappa shape index (κ1) is 16.4. The highest BCUT2D eigenvalue weighted by Gasteiger charge is 2.08. The fourth-order valence-electron chi connectivity index (χ4n) is 1.74. The molecular formula is C14H29NO2. The summed E-state index contributed by atoms with van der Waals surface area (Å²) < 4.78 is 5.12. The fraction of sp³-hybridized carbons (Fsp3) is 0.929. The van der Waals surface area contributed by atoms with Crippen molar-refractivity contribution in [2.24, 2.45) is 5.73 Å². The molecule has 0 aromatic carbocycles. The Hall–Kier alpha value is -0.570. The number of ether oxygens (including phenoxy) is 1. The molecule has 1 atom stereocenters. The number of hydrogen-bond acceptors (Lipinski definition) is 3. The zero-order valence-corrected chi connectivity index (χ0v) is 11.5. The van der Waals surface area contributed by atoms with Crippen molar-refractivity contribution >= 4 is 5.97 Å². The maximum atomic E-state index is 11.4. The third-order valence-electron chi connectivity index (χ3n) is 2.86. The predicted octanol–water partition coefficient (Wildman–Crippen LogP) is 3.76. The van der Waals surface area contributed by atoms with Crippen molar-refractivity contribution < 1.29 is 9.53 Å². The summed E-state index contributed by atoms with van der Waals surface area (Å²) in [6.45, 7) is 4.31. The van der Waals surface area contributed by atoms with Crippen LogP contribution < -0.4 is 5.73 Å². The van der Waals surface area contributed by atoms with Crippen molar-refractivity contribution in [2.75, 3.05) is 0 Å². The molecule has 0 fully saturated rings. The van der Waals surface area contributed by atoms with Gasteiger partial charge in [0, 0.05) is 6.42 Å². The van der Waals surface area contributed by atoms with Crippen LogP contribution in [0.5, 0.6) is 0 Å². The Morgan fingerprint density at radius 1 is 1.00 bits per heavy atom. The normalized spacial score (nSPS) is 12.4. The standard InChI is InChI=1S/C14H29NO2/c1-3-5-7-8-9-10-12-14(16)17-13(15)11-6-4-2/h13H,3-12,15H2,1-2H3. The molecular weight excluding hydrogens is 214 g/mol. The summed E-state index contributed by atoms with van der Waals surface area (Å²) >= 11 is 0. The van der Waals surface area contributed by atoms with E-state index in [9.17, 15) is 4.79 Å². The second-order valence-electron chi connectivity index (χ2n) is 4.69. The van der Waals surface area contributed by atoms with E-state index in [1.807, 2.05) is 0 Å². The molecule has 0 aliphatic carbocycles. The molecule has 0 heterocycles. The zero-order valence-electron chi connectivity index (χ0n) is 11.5. The average molecular weight is 243 g/mol. The molecule has 0 aliphatic heterocycles. The third-order valence-corrected chi connectivity index (χ3v) is 2.86. The highest BCUT2D eigenvalue weighted by molar-refractivity contribution is 5.69. The largest absolute Gasteiger partial charge is 0.447 e. The summed E-state index contributed by atoms with van der Waals surface area (Å²) in [6.07, 6.45) is 10.1. The van der Waals surface area contributed by atoms with Gasteiger partial charge in [-0.15, -0.1) is 0 Å². The molecule has 0 rings (SSSR count). The van der Waals surface area contributed by atoms with Gasteiger partial charge in [-0.25, -0.2) is 0 Å². The van der Waals surface area contributed by atoms with E-state index < -0.39 is 6.23 Å². The molecule has 3 heteroatoms. The van der Waals surface area contributed by atoms with Crippen LogP contribution in [0.3, 0.4) is 0 Å². The molecule has 0 aromatic heterocycles. The Labute approximate surface area is 106 Å². The summed E-state index contributed by atoms with van der Waals surface area (Å²) in [5, 5.41) is 0. The summed E-state index contributed by atoms with van der Waals surface area (Å²) in [4.78, 5) is 11.4. The molecule has 0 spiro atoms. The Morgan fingerprint density at radius 2 is 1.59 bits per heavy atom. The molecule has 0 saturated carbocycles. The van der Waals surface area contributed by atoms with Crippen molar-refractivity contribution in [2.45, 2.75) is 84.3 Å². The molecule has 1 unspecified atom stereocenters. The first-order chi connectivity index (χ1) is 8.20. The SMILES string of the molecule is CCCCCCCCC(=O)OC(N)CCCC. The van der Waals surface area contributed by atoms with E-state index in [-0.39, 0.29) is 5.97 Å². The minimum absolute atomic E-state index is 0.135. The van der Waals surface area contributed by atoms with Crippen LogP contribution in [-0.2, 0) is 9.53 Å². The van der Waals surface area contributed by atoms with Crippen LogP contribution in [0.4, 0.5) is 0 Å². The van der Waals surface area contributed by atoms with E-state index in [2.05, 4.69) is 13.8 Å². The average Bonchev–Trinajstić information content (AvgIpc) is 2.31. The molecule has 17 heavy (non-hydrogen) atoms. The molecule has 0 radical (unpaired) electrons. The minimum atomic E-state index is -0.400. The molecule has 3 nitrogen and oxygen atoms in total. The Balaban J connectivity index is 3.33. The lowest BCUT2D eigenvalue weighted by atomic mass is 10.1. The van der Waals surface area contributed by atoms with Gasteiger partial charge in [-0.05, 0) is 19.3 Å². The van der Waals surface area contributed by atoms with Crippen molar-refractivity contribution in [3.63, 3.8) is 0 Å². The number of esters is 1. The van der Waals surface area contributed by atoms with Crippen molar-refractivity contribution in [1.82, 2.24) is 0 Å². The van der Waals surface area contributed by atoms with E-state index in [0.29, 0.717) is 6.42 Å². The quantitative estimate of drug-likeness (QED) is 0.341. The molecule has 2 N–H and O–H groups in total.